The van der Waals surface area contributed by atoms with Gasteiger partial charge in [0.2, 0.25) is 0 Å². The molecule has 2 N–H and O–H groups in total. The Bertz CT molecular complexity index is 481. The first-order valence-electron chi connectivity index (χ1n) is 7.51. The summed E-state index contributed by atoms with van der Waals surface area (Å²) < 4.78 is 4.92. The van der Waals surface area contributed by atoms with Crippen LogP contribution in [0.15, 0.2) is 24.3 Å². The molecule has 0 saturated heterocycles. The number of aliphatic hydroxyl groups is 1. The average Bonchev–Trinajstić information content (AvgIpc) is 2.53. The van der Waals surface area contributed by atoms with E-state index in [9.17, 15) is 9.59 Å². The molecule has 0 heterocycles. The van der Waals surface area contributed by atoms with Crippen molar-refractivity contribution < 1.29 is 24.3 Å². The molecule has 0 aromatic heterocycles. The first kappa shape index (κ1) is 21.9. The summed E-state index contributed by atoms with van der Waals surface area (Å²) >= 11 is 0. The van der Waals surface area contributed by atoms with Crippen molar-refractivity contribution in [1.29, 1.82) is 0 Å². The number of nitrogens with one attached hydrogen (secondary N) is 1. The minimum absolute atomic E-state index is 0. The number of hydrogen-bond acceptors (Lipinski definition) is 5. The number of ether oxygens (including phenoxy) is 1. The van der Waals surface area contributed by atoms with Crippen LogP contribution in [0.25, 0.3) is 0 Å². The van der Waals surface area contributed by atoms with Crippen molar-refractivity contribution in [2.75, 3.05) is 6.79 Å². The summed E-state index contributed by atoms with van der Waals surface area (Å²) in [6, 6.07) is 6.37. The van der Waals surface area contributed by atoms with Gasteiger partial charge in [0.15, 0.2) is 6.79 Å². The molecule has 0 saturated carbocycles. The third-order valence-corrected chi connectivity index (χ3v) is 3.09. The number of rotatable bonds is 9. The Kier molecular flexibility index (Phi) is 12.7. The van der Waals surface area contributed by atoms with Crippen LogP contribution in [0.3, 0.4) is 0 Å². The van der Waals surface area contributed by atoms with Gasteiger partial charge in [-0.3, -0.25) is 4.79 Å². The molecular formula is C16H24NNaO5. The molecule has 0 spiro atoms. The van der Waals surface area contributed by atoms with Crippen LogP contribution in [0.2, 0.25) is 0 Å². The van der Waals surface area contributed by atoms with Gasteiger partial charge in [0.1, 0.15) is 5.75 Å². The Morgan fingerprint density at radius 3 is 2.52 bits per heavy atom. The fourth-order valence-electron chi connectivity index (χ4n) is 1.93. The van der Waals surface area contributed by atoms with E-state index in [0.29, 0.717) is 0 Å². The first-order valence-corrected chi connectivity index (χ1v) is 7.51. The van der Waals surface area contributed by atoms with E-state index in [0.717, 1.165) is 32.1 Å². The number of benzene rings is 1. The summed E-state index contributed by atoms with van der Waals surface area (Å²) in [5, 5.41) is 8.76. The molecule has 1 aromatic carbocycles. The molecule has 124 valence electrons. The molecule has 0 bridgehead atoms. The van der Waals surface area contributed by atoms with Crippen LogP contribution < -0.4 is 10.2 Å². The molecule has 0 aliphatic heterocycles. The third kappa shape index (κ3) is 8.95. The number of unbranched alkanes of at least 4 members (excludes halogenated alkanes) is 4. The minimum atomic E-state index is -0.594. The fourth-order valence-corrected chi connectivity index (χ4v) is 1.93. The number of para-hydroxylation sites is 1. The topological polar surface area (TPSA) is 84.9 Å². The molecule has 23 heavy (non-hydrogen) atoms. The monoisotopic (exact) mass is 333 g/mol. The van der Waals surface area contributed by atoms with Crippen molar-refractivity contribution in [3.63, 3.8) is 0 Å². The summed E-state index contributed by atoms with van der Waals surface area (Å²) in [5.74, 6) is -0.841. The number of hydroxylamine groups is 1. The molecule has 0 atom stereocenters. The van der Waals surface area contributed by atoms with Gasteiger partial charge >= 0.3 is 35.5 Å². The van der Waals surface area contributed by atoms with E-state index in [4.69, 9.17) is 14.7 Å². The summed E-state index contributed by atoms with van der Waals surface area (Å²) in [7, 11) is 0. The number of aliphatic hydroxyl groups excluding tert-OH is 1. The maximum atomic E-state index is 11.9. The van der Waals surface area contributed by atoms with Crippen molar-refractivity contribution in [3.05, 3.63) is 29.8 Å². The number of amides is 1. The molecular weight excluding hydrogens is 309 g/mol. The van der Waals surface area contributed by atoms with Gasteiger partial charge in [-0.05, 0) is 18.6 Å². The Balaban J connectivity index is 0.00000484. The molecule has 0 aliphatic rings. The van der Waals surface area contributed by atoms with Gasteiger partial charge in [-0.25, -0.2) is 4.79 Å². The van der Waals surface area contributed by atoms with Gasteiger partial charge in [0, 0.05) is 6.42 Å². The van der Waals surface area contributed by atoms with Gasteiger partial charge in [0.05, 0.1) is 5.56 Å². The second-order valence-electron chi connectivity index (χ2n) is 4.84. The van der Waals surface area contributed by atoms with Crippen LogP contribution in [0.5, 0.6) is 5.75 Å². The molecule has 0 unspecified atom stereocenters. The van der Waals surface area contributed by atoms with Gasteiger partial charge in [0.25, 0.3) is 5.91 Å². The van der Waals surface area contributed by atoms with Crippen LogP contribution in [0.1, 0.15) is 55.8 Å². The number of carbonyl (C=O) groups excluding carboxylic acids is 2. The fraction of sp³-hybridized carbons (Fsp3) is 0.500. The second-order valence-corrected chi connectivity index (χ2v) is 4.84. The summed E-state index contributed by atoms with van der Waals surface area (Å²) in [5.41, 5.74) is 2.29. The average molecular weight is 333 g/mol. The zero-order valence-corrected chi connectivity index (χ0v) is 12.8. The first-order chi connectivity index (χ1) is 10.7. The molecule has 1 amide bonds. The normalized spacial score (nSPS) is 9.65. The van der Waals surface area contributed by atoms with Crippen molar-refractivity contribution in [2.45, 2.75) is 45.4 Å². The Labute approximate surface area is 158 Å². The maximum absolute atomic E-state index is 11.9. The molecule has 0 aliphatic carbocycles. The van der Waals surface area contributed by atoms with Gasteiger partial charge in [-0.1, -0.05) is 44.7 Å². The van der Waals surface area contributed by atoms with E-state index in [2.05, 4.69) is 12.4 Å². The van der Waals surface area contributed by atoms with Crippen molar-refractivity contribution in [1.82, 2.24) is 5.48 Å². The SMILES string of the molecule is CCCCCCCC(=O)ONC(=O)c1ccccc1OCO.[NaH]. The van der Waals surface area contributed by atoms with E-state index < -0.39 is 18.7 Å². The molecule has 6 nitrogen and oxygen atoms in total. The predicted octanol–water partition coefficient (Wildman–Crippen LogP) is 1.92. The van der Waals surface area contributed by atoms with Gasteiger partial charge < -0.3 is 14.7 Å². The molecule has 7 heteroatoms. The van der Waals surface area contributed by atoms with E-state index >= 15 is 0 Å². The van der Waals surface area contributed by atoms with Crippen LogP contribution in [0, 0.1) is 0 Å². The van der Waals surface area contributed by atoms with Crippen LogP contribution in [0.4, 0.5) is 0 Å². The quantitative estimate of drug-likeness (QED) is 0.312. The molecule has 1 rings (SSSR count). The van der Waals surface area contributed by atoms with Crippen molar-refractivity contribution in [3.8, 4) is 5.75 Å². The van der Waals surface area contributed by atoms with E-state index in [1.807, 2.05) is 0 Å². The second kappa shape index (κ2) is 13.4. The molecule has 1 aromatic rings. The van der Waals surface area contributed by atoms with E-state index in [1.54, 1.807) is 18.2 Å². The zero-order valence-electron chi connectivity index (χ0n) is 12.8. The van der Waals surface area contributed by atoms with Crippen LogP contribution in [-0.4, -0.2) is 53.3 Å². The summed E-state index contributed by atoms with van der Waals surface area (Å²) in [6.07, 6.45) is 5.41. The summed E-state index contributed by atoms with van der Waals surface area (Å²) in [6.45, 7) is 1.59. The standard InChI is InChI=1S/C16H23NO5.Na.H/c1-2-3-4-5-6-11-15(19)22-17-16(20)13-9-7-8-10-14(13)21-12-18;;/h7-10,18H,2-6,11-12H2,1H3,(H,17,20);;. The Hall–Kier alpha value is -1.08. The molecule has 0 fully saturated rings. The number of hydrogen-bond donors (Lipinski definition) is 2. The van der Waals surface area contributed by atoms with Crippen molar-refractivity contribution in [2.24, 2.45) is 0 Å². The van der Waals surface area contributed by atoms with E-state index in [1.165, 1.54) is 6.07 Å². The molecule has 0 radical (unpaired) electrons. The summed E-state index contributed by atoms with van der Waals surface area (Å²) in [4.78, 5) is 28.2. The number of carbonyl (C=O) groups is 2. The van der Waals surface area contributed by atoms with Crippen molar-refractivity contribution >= 4 is 41.4 Å². The van der Waals surface area contributed by atoms with Gasteiger partial charge in [-0.2, -0.15) is 5.48 Å². The van der Waals surface area contributed by atoms with E-state index in [-0.39, 0.29) is 47.3 Å². The Morgan fingerprint density at radius 2 is 1.83 bits per heavy atom. The zero-order chi connectivity index (χ0) is 16.2. The van der Waals surface area contributed by atoms with Crippen LogP contribution in [-0.2, 0) is 9.63 Å². The predicted molar refractivity (Wildman–Crippen MR) is 88.2 cm³/mol. The van der Waals surface area contributed by atoms with Crippen LogP contribution >= 0.6 is 0 Å². The Morgan fingerprint density at radius 1 is 1.13 bits per heavy atom. The van der Waals surface area contributed by atoms with Gasteiger partial charge in [-0.15, -0.1) is 0 Å². The third-order valence-electron chi connectivity index (χ3n) is 3.09.